The molecule has 1 aromatic heterocycles. The van der Waals surface area contributed by atoms with Gasteiger partial charge in [-0.05, 0) is 24.6 Å². The third kappa shape index (κ3) is 3.97. The van der Waals surface area contributed by atoms with Crippen LogP contribution in [0.3, 0.4) is 0 Å². The van der Waals surface area contributed by atoms with Crippen molar-refractivity contribution < 1.29 is 30.5 Å². The molecule has 0 unspecified atom stereocenters. The zero-order valence-electron chi connectivity index (χ0n) is 14.0. The maximum Gasteiger partial charge on any atom is 0.534 e. The fraction of sp³-hybridized carbons (Fsp3) is 0.167. The van der Waals surface area contributed by atoms with Crippen LogP contribution in [0.2, 0.25) is 0 Å². The molecular weight excluding hydrogens is 383 g/mol. The van der Waals surface area contributed by atoms with Crippen molar-refractivity contribution in [1.82, 2.24) is 4.98 Å². The van der Waals surface area contributed by atoms with E-state index in [9.17, 15) is 21.6 Å². The zero-order valence-corrected chi connectivity index (χ0v) is 14.8. The highest BCUT2D eigenvalue weighted by molar-refractivity contribution is 7.88. The Bertz CT molecular complexity index is 1070. The fourth-order valence-electron chi connectivity index (χ4n) is 2.42. The normalized spacial score (nSPS) is 12.1. The molecule has 0 spiro atoms. The summed E-state index contributed by atoms with van der Waals surface area (Å²) in [6, 6.07) is 15.0. The average Bonchev–Trinajstić information content (AvgIpc) is 2.61. The number of nitrogens with zero attached hydrogens (tertiary/aromatic N) is 1. The van der Waals surface area contributed by atoms with E-state index in [-0.39, 0.29) is 29.0 Å². The average molecular weight is 397 g/mol. The molecule has 3 aromatic rings. The first-order valence-electron chi connectivity index (χ1n) is 7.76. The molecule has 9 heteroatoms. The summed E-state index contributed by atoms with van der Waals surface area (Å²) in [4.78, 5) is 4.26. The summed E-state index contributed by atoms with van der Waals surface area (Å²) < 4.78 is 71.7. The maximum atomic E-state index is 12.8. The first kappa shape index (κ1) is 19.0. The van der Waals surface area contributed by atoms with Gasteiger partial charge < -0.3 is 8.92 Å². The van der Waals surface area contributed by atoms with Gasteiger partial charge in [0.05, 0.1) is 11.2 Å². The molecule has 3 rings (SSSR count). The highest BCUT2D eigenvalue weighted by Gasteiger charge is 2.49. The van der Waals surface area contributed by atoms with E-state index in [1.54, 1.807) is 36.4 Å². The minimum atomic E-state index is -5.87. The third-order valence-electron chi connectivity index (χ3n) is 3.67. The Morgan fingerprint density at radius 2 is 1.59 bits per heavy atom. The van der Waals surface area contributed by atoms with E-state index in [1.165, 1.54) is 25.1 Å². The number of rotatable bonds is 5. The monoisotopic (exact) mass is 397 g/mol. The van der Waals surface area contributed by atoms with Crippen molar-refractivity contribution >= 4 is 21.0 Å². The number of fused-ring (bicyclic) bond motifs is 1. The van der Waals surface area contributed by atoms with Crippen LogP contribution < -0.4 is 8.92 Å². The number of halogens is 3. The molecular formula is C18H14F3NO4S. The van der Waals surface area contributed by atoms with Gasteiger partial charge in [-0.3, -0.25) is 0 Å². The maximum absolute atomic E-state index is 12.8. The molecule has 0 atom stereocenters. The summed E-state index contributed by atoms with van der Waals surface area (Å²) >= 11 is 0. The molecule has 0 fully saturated rings. The van der Waals surface area contributed by atoms with Gasteiger partial charge in [0, 0.05) is 5.39 Å². The lowest BCUT2D eigenvalue weighted by atomic mass is 10.1. The minimum Gasteiger partial charge on any atom is -0.483 e. The summed E-state index contributed by atoms with van der Waals surface area (Å²) in [5.41, 5.74) is -4.33. The molecule has 0 aliphatic rings. The van der Waals surface area contributed by atoms with Gasteiger partial charge in [0.15, 0.2) is 11.5 Å². The molecule has 0 N–H and O–H groups in total. The Labute approximate surface area is 153 Å². The predicted molar refractivity (Wildman–Crippen MR) is 92.9 cm³/mol. The first-order chi connectivity index (χ1) is 12.7. The zero-order chi connectivity index (χ0) is 19.7. The molecule has 0 aliphatic heterocycles. The van der Waals surface area contributed by atoms with Gasteiger partial charge in [-0.1, -0.05) is 42.5 Å². The third-order valence-corrected chi connectivity index (χ3v) is 4.63. The molecule has 0 saturated carbocycles. The van der Waals surface area contributed by atoms with E-state index < -0.39 is 21.4 Å². The Morgan fingerprint density at radius 3 is 2.26 bits per heavy atom. The van der Waals surface area contributed by atoms with E-state index in [2.05, 4.69) is 9.17 Å². The Kier molecular flexibility index (Phi) is 4.97. The van der Waals surface area contributed by atoms with Crippen LogP contribution in [0.25, 0.3) is 10.9 Å². The number of pyridine rings is 1. The molecule has 1 heterocycles. The van der Waals surface area contributed by atoms with Crippen LogP contribution in [0.1, 0.15) is 11.3 Å². The molecule has 0 saturated heterocycles. The van der Waals surface area contributed by atoms with Crippen molar-refractivity contribution in [2.45, 2.75) is 19.0 Å². The smallest absolute Gasteiger partial charge is 0.483 e. The Morgan fingerprint density at radius 1 is 0.963 bits per heavy atom. The summed E-state index contributed by atoms with van der Waals surface area (Å²) in [7, 11) is -5.87. The van der Waals surface area contributed by atoms with Gasteiger partial charge in [-0.2, -0.15) is 21.6 Å². The number of alkyl halides is 3. The van der Waals surface area contributed by atoms with Crippen molar-refractivity contribution in [2.75, 3.05) is 0 Å². The second-order valence-electron chi connectivity index (χ2n) is 5.63. The summed E-state index contributed by atoms with van der Waals surface area (Å²) in [6.07, 6.45) is 0. The van der Waals surface area contributed by atoms with Crippen LogP contribution in [0, 0.1) is 6.92 Å². The predicted octanol–water partition coefficient (Wildman–Crippen LogP) is 4.35. The SMILES string of the molecule is Cc1nc2ccccc2c(OS(=O)(=O)C(F)(F)F)c1OCc1ccccc1. The van der Waals surface area contributed by atoms with Gasteiger partial charge >= 0.3 is 15.6 Å². The van der Waals surface area contributed by atoms with Crippen LogP contribution in [-0.4, -0.2) is 18.9 Å². The van der Waals surface area contributed by atoms with Crippen molar-refractivity contribution in [1.29, 1.82) is 0 Å². The fourth-order valence-corrected chi connectivity index (χ4v) is 2.90. The lowest BCUT2D eigenvalue weighted by Gasteiger charge is -2.17. The van der Waals surface area contributed by atoms with Crippen molar-refractivity contribution in [2.24, 2.45) is 0 Å². The number of para-hydroxylation sites is 1. The lowest BCUT2D eigenvalue weighted by molar-refractivity contribution is -0.0500. The molecule has 5 nitrogen and oxygen atoms in total. The van der Waals surface area contributed by atoms with Crippen LogP contribution in [0.4, 0.5) is 13.2 Å². The number of aryl methyl sites for hydroxylation is 1. The number of aromatic nitrogens is 1. The molecule has 0 radical (unpaired) electrons. The number of hydrogen-bond acceptors (Lipinski definition) is 5. The highest BCUT2D eigenvalue weighted by atomic mass is 32.2. The lowest BCUT2D eigenvalue weighted by Crippen LogP contribution is -2.28. The molecule has 0 bridgehead atoms. The second kappa shape index (κ2) is 7.07. The molecule has 0 amide bonds. The number of benzene rings is 2. The van der Waals surface area contributed by atoms with Gasteiger partial charge in [0.1, 0.15) is 6.61 Å². The first-order valence-corrected chi connectivity index (χ1v) is 9.17. The van der Waals surface area contributed by atoms with Gasteiger partial charge in [0.2, 0.25) is 0 Å². The van der Waals surface area contributed by atoms with Crippen molar-refractivity contribution in [3.8, 4) is 11.5 Å². The van der Waals surface area contributed by atoms with Crippen molar-refractivity contribution in [3.05, 3.63) is 65.9 Å². The molecule has 2 aromatic carbocycles. The molecule has 0 aliphatic carbocycles. The van der Waals surface area contributed by atoms with E-state index in [0.29, 0.717) is 0 Å². The highest BCUT2D eigenvalue weighted by Crippen LogP contribution is 2.40. The number of ether oxygens (including phenoxy) is 1. The second-order valence-corrected chi connectivity index (χ2v) is 7.17. The molecule has 142 valence electrons. The summed E-state index contributed by atoms with van der Waals surface area (Å²) in [5.74, 6) is -0.697. The quantitative estimate of drug-likeness (QED) is 0.473. The Hall–Kier alpha value is -2.81. The van der Waals surface area contributed by atoms with Crippen LogP contribution >= 0.6 is 0 Å². The summed E-state index contributed by atoms with van der Waals surface area (Å²) in [6.45, 7) is 1.50. The van der Waals surface area contributed by atoms with Gasteiger partial charge in [-0.25, -0.2) is 4.98 Å². The van der Waals surface area contributed by atoms with Crippen molar-refractivity contribution in [3.63, 3.8) is 0 Å². The molecule has 27 heavy (non-hydrogen) atoms. The number of hydrogen-bond donors (Lipinski definition) is 0. The van der Waals surface area contributed by atoms with Crippen LogP contribution in [-0.2, 0) is 16.7 Å². The van der Waals surface area contributed by atoms with E-state index >= 15 is 0 Å². The van der Waals surface area contributed by atoms with Gasteiger partial charge in [0.25, 0.3) is 0 Å². The largest absolute Gasteiger partial charge is 0.534 e. The summed E-state index contributed by atoms with van der Waals surface area (Å²) in [5, 5.41) is 0.0963. The minimum absolute atomic E-state index is 0.00409. The van der Waals surface area contributed by atoms with E-state index in [0.717, 1.165) is 5.56 Å². The van der Waals surface area contributed by atoms with E-state index in [4.69, 9.17) is 4.74 Å². The Balaban J connectivity index is 2.10. The van der Waals surface area contributed by atoms with E-state index in [1.807, 2.05) is 0 Å². The topological polar surface area (TPSA) is 65.5 Å². The standard InChI is InChI=1S/C18H14F3NO4S/c1-12-16(25-11-13-7-3-2-4-8-13)17(26-27(23,24)18(19,20)21)14-9-5-6-10-15(14)22-12/h2-10H,11H2,1H3. The van der Waals surface area contributed by atoms with Crippen LogP contribution in [0.15, 0.2) is 54.6 Å². The van der Waals surface area contributed by atoms with Crippen LogP contribution in [0.5, 0.6) is 11.5 Å². The van der Waals surface area contributed by atoms with Gasteiger partial charge in [-0.15, -0.1) is 0 Å².